The van der Waals surface area contributed by atoms with Crippen LogP contribution in [0, 0.1) is 0 Å². The number of aryl methyl sites for hydroxylation is 2. The normalized spacial score (nSPS) is 14.3. The van der Waals surface area contributed by atoms with E-state index in [9.17, 15) is 14.4 Å². The first-order chi connectivity index (χ1) is 15.7. The first kappa shape index (κ1) is 24.5. The fourth-order valence-electron chi connectivity index (χ4n) is 3.64. The standard InChI is InChI=1S/C27H34N2O4/c1-26(2,3)33-25(32)29-27(17-18-27)24(31)28-23(30)19-22-15-13-21(14-16-22)12-8-7-11-20-9-5-4-6-10-20/h4-6,9-10,13-16H,7-8,11-12,17-19H2,1-3H3,(H,29,32)(H,28,30,31). The molecule has 0 aliphatic heterocycles. The number of carbonyl (C=O) groups excluding carboxylic acids is 3. The zero-order valence-corrected chi connectivity index (χ0v) is 19.8. The summed E-state index contributed by atoms with van der Waals surface area (Å²) >= 11 is 0. The van der Waals surface area contributed by atoms with Gasteiger partial charge in [-0.1, -0.05) is 54.6 Å². The largest absolute Gasteiger partial charge is 0.444 e. The number of alkyl carbamates (subject to hydrolysis) is 1. The lowest BCUT2D eigenvalue weighted by molar-refractivity contribution is -0.132. The molecule has 1 aliphatic rings. The van der Waals surface area contributed by atoms with Crippen LogP contribution in [0.4, 0.5) is 4.79 Å². The van der Waals surface area contributed by atoms with Crippen LogP contribution in [0.5, 0.6) is 0 Å². The van der Waals surface area contributed by atoms with Gasteiger partial charge in [0.25, 0.3) is 5.91 Å². The number of hydrogen-bond acceptors (Lipinski definition) is 4. The van der Waals surface area contributed by atoms with Crippen LogP contribution in [-0.2, 0) is 33.6 Å². The topological polar surface area (TPSA) is 84.5 Å². The van der Waals surface area contributed by atoms with Crippen molar-refractivity contribution in [3.8, 4) is 0 Å². The van der Waals surface area contributed by atoms with Crippen LogP contribution < -0.4 is 10.6 Å². The first-order valence-corrected chi connectivity index (χ1v) is 11.6. The van der Waals surface area contributed by atoms with Crippen molar-refractivity contribution in [2.45, 2.75) is 76.9 Å². The van der Waals surface area contributed by atoms with Crippen molar-refractivity contribution < 1.29 is 19.1 Å². The van der Waals surface area contributed by atoms with Crippen LogP contribution in [0.25, 0.3) is 0 Å². The van der Waals surface area contributed by atoms with Crippen LogP contribution in [0.15, 0.2) is 54.6 Å². The fourth-order valence-corrected chi connectivity index (χ4v) is 3.64. The van der Waals surface area contributed by atoms with E-state index in [1.165, 1.54) is 11.1 Å². The van der Waals surface area contributed by atoms with E-state index in [4.69, 9.17) is 4.74 Å². The lowest BCUT2D eigenvalue weighted by Crippen LogP contribution is -2.51. The Morgan fingerprint density at radius 2 is 1.39 bits per heavy atom. The van der Waals surface area contributed by atoms with E-state index < -0.39 is 23.1 Å². The zero-order valence-electron chi connectivity index (χ0n) is 19.8. The third-order valence-electron chi connectivity index (χ3n) is 5.59. The number of nitrogens with one attached hydrogen (secondary N) is 2. The predicted octanol–water partition coefficient (Wildman–Crippen LogP) is 4.49. The number of unbranched alkanes of at least 4 members (excludes halogenated alkanes) is 1. The van der Waals surface area contributed by atoms with Crippen molar-refractivity contribution in [1.82, 2.24) is 10.6 Å². The number of rotatable bonds is 9. The fraction of sp³-hybridized carbons (Fsp3) is 0.444. The van der Waals surface area contributed by atoms with Crippen LogP contribution in [0.3, 0.4) is 0 Å². The van der Waals surface area contributed by atoms with Crippen molar-refractivity contribution in [2.75, 3.05) is 0 Å². The lowest BCUT2D eigenvalue weighted by atomic mass is 10.0. The SMILES string of the molecule is CC(C)(C)OC(=O)NC1(C(=O)NC(=O)Cc2ccc(CCCCc3ccccc3)cc2)CC1. The van der Waals surface area contributed by atoms with E-state index >= 15 is 0 Å². The molecule has 0 spiro atoms. The van der Waals surface area contributed by atoms with E-state index in [1.807, 2.05) is 30.3 Å². The summed E-state index contributed by atoms with van der Waals surface area (Å²) in [6.07, 6.45) is 4.76. The Bertz CT molecular complexity index is 958. The average molecular weight is 451 g/mol. The van der Waals surface area contributed by atoms with Crippen LogP contribution >= 0.6 is 0 Å². The molecule has 3 amide bonds. The maximum Gasteiger partial charge on any atom is 0.408 e. The Morgan fingerprint density at radius 3 is 1.94 bits per heavy atom. The van der Waals surface area contributed by atoms with Crippen molar-refractivity contribution in [2.24, 2.45) is 0 Å². The molecule has 3 rings (SSSR count). The average Bonchev–Trinajstić information content (AvgIpc) is 3.52. The Balaban J connectivity index is 1.40. The van der Waals surface area contributed by atoms with Crippen molar-refractivity contribution in [3.63, 3.8) is 0 Å². The van der Waals surface area contributed by atoms with Gasteiger partial charge in [-0.2, -0.15) is 0 Å². The highest BCUT2D eigenvalue weighted by Crippen LogP contribution is 2.36. The highest BCUT2D eigenvalue weighted by molar-refractivity contribution is 6.03. The number of carbonyl (C=O) groups is 3. The summed E-state index contributed by atoms with van der Waals surface area (Å²) in [6.45, 7) is 5.27. The number of imide groups is 1. The Kier molecular flexibility index (Phi) is 7.90. The van der Waals surface area contributed by atoms with Crippen LogP contribution in [0.1, 0.15) is 63.1 Å². The molecule has 0 saturated heterocycles. The summed E-state index contributed by atoms with van der Waals surface area (Å²) in [5.74, 6) is -0.860. The molecule has 6 heteroatoms. The molecular formula is C27H34N2O4. The molecule has 176 valence electrons. The van der Waals surface area contributed by atoms with Gasteiger partial charge in [0.2, 0.25) is 5.91 Å². The summed E-state index contributed by atoms with van der Waals surface area (Å²) in [6, 6.07) is 18.4. The van der Waals surface area contributed by atoms with Crippen LogP contribution in [0.2, 0.25) is 0 Å². The molecule has 0 radical (unpaired) electrons. The molecule has 2 aromatic carbocycles. The highest BCUT2D eigenvalue weighted by Gasteiger charge is 2.52. The van der Waals surface area contributed by atoms with Gasteiger partial charge in [0.05, 0.1) is 6.42 Å². The second-order valence-electron chi connectivity index (χ2n) is 9.77. The van der Waals surface area contributed by atoms with Crippen molar-refractivity contribution in [3.05, 3.63) is 71.3 Å². The van der Waals surface area contributed by atoms with Gasteiger partial charge in [0.15, 0.2) is 0 Å². The number of hydrogen-bond donors (Lipinski definition) is 2. The van der Waals surface area contributed by atoms with E-state index in [2.05, 4.69) is 34.9 Å². The molecule has 1 saturated carbocycles. The van der Waals surface area contributed by atoms with Gasteiger partial charge in [-0.15, -0.1) is 0 Å². The maximum absolute atomic E-state index is 12.5. The Morgan fingerprint density at radius 1 is 0.848 bits per heavy atom. The van der Waals surface area contributed by atoms with E-state index in [0.717, 1.165) is 31.2 Å². The molecule has 0 bridgehead atoms. The third-order valence-corrected chi connectivity index (χ3v) is 5.59. The number of ether oxygens (including phenoxy) is 1. The minimum Gasteiger partial charge on any atom is -0.444 e. The van der Waals surface area contributed by atoms with Gasteiger partial charge in [0, 0.05) is 0 Å². The van der Waals surface area contributed by atoms with Gasteiger partial charge < -0.3 is 10.1 Å². The monoisotopic (exact) mass is 450 g/mol. The summed E-state index contributed by atoms with van der Waals surface area (Å²) in [5.41, 5.74) is 1.75. The second-order valence-corrected chi connectivity index (χ2v) is 9.77. The smallest absolute Gasteiger partial charge is 0.408 e. The van der Waals surface area contributed by atoms with Gasteiger partial charge in [-0.3, -0.25) is 14.9 Å². The van der Waals surface area contributed by atoms with E-state index in [-0.39, 0.29) is 12.3 Å². The zero-order chi connectivity index (χ0) is 23.9. The molecular weight excluding hydrogens is 416 g/mol. The quantitative estimate of drug-likeness (QED) is 0.551. The first-order valence-electron chi connectivity index (χ1n) is 11.6. The molecule has 1 fully saturated rings. The molecule has 0 unspecified atom stereocenters. The van der Waals surface area contributed by atoms with Crippen LogP contribution in [-0.4, -0.2) is 29.0 Å². The summed E-state index contributed by atoms with van der Waals surface area (Å²) in [4.78, 5) is 36.9. The Labute approximate surface area is 196 Å². The van der Waals surface area contributed by atoms with Crippen molar-refractivity contribution >= 4 is 17.9 Å². The van der Waals surface area contributed by atoms with Gasteiger partial charge in [-0.25, -0.2) is 4.79 Å². The minimum absolute atomic E-state index is 0.114. The molecule has 33 heavy (non-hydrogen) atoms. The summed E-state index contributed by atoms with van der Waals surface area (Å²) in [5, 5.41) is 5.03. The Hall–Kier alpha value is -3.15. The molecule has 2 aromatic rings. The predicted molar refractivity (Wildman–Crippen MR) is 128 cm³/mol. The number of amides is 3. The third kappa shape index (κ3) is 8.04. The number of benzene rings is 2. The van der Waals surface area contributed by atoms with Gasteiger partial charge >= 0.3 is 6.09 Å². The van der Waals surface area contributed by atoms with E-state index in [0.29, 0.717) is 12.8 Å². The molecule has 2 N–H and O–H groups in total. The lowest BCUT2D eigenvalue weighted by Gasteiger charge is -2.22. The maximum atomic E-state index is 12.5. The molecule has 0 aromatic heterocycles. The second kappa shape index (κ2) is 10.6. The van der Waals surface area contributed by atoms with E-state index in [1.54, 1.807) is 20.8 Å². The molecule has 6 nitrogen and oxygen atoms in total. The summed E-state index contributed by atoms with van der Waals surface area (Å²) in [7, 11) is 0. The van der Waals surface area contributed by atoms with Gasteiger partial charge in [0.1, 0.15) is 11.1 Å². The minimum atomic E-state index is -1.04. The molecule has 0 heterocycles. The molecule has 0 atom stereocenters. The highest BCUT2D eigenvalue weighted by atomic mass is 16.6. The molecule has 1 aliphatic carbocycles. The summed E-state index contributed by atoms with van der Waals surface area (Å²) < 4.78 is 5.22. The van der Waals surface area contributed by atoms with Crippen molar-refractivity contribution in [1.29, 1.82) is 0 Å². The van der Waals surface area contributed by atoms with Gasteiger partial charge in [-0.05, 0) is 76.0 Å².